The maximum absolute atomic E-state index is 14.1. The van der Waals surface area contributed by atoms with Crippen LogP contribution in [0.2, 0.25) is 0 Å². The van der Waals surface area contributed by atoms with Gasteiger partial charge in [0.15, 0.2) is 11.6 Å². The average Bonchev–Trinajstić information content (AvgIpc) is 3.12. The summed E-state index contributed by atoms with van der Waals surface area (Å²) in [5.74, 6) is -1.57. The first kappa shape index (κ1) is 14.0. The lowest BCUT2D eigenvalue weighted by molar-refractivity contribution is 0.0905. The summed E-state index contributed by atoms with van der Waals surface area (Å²) in [4.78, 5) is 2.43. The minimum absolute atomic E-state index is 0.175. The van der Waals surface area contributed by atoms with Crippen molar-refractivity contribution in [3.63, 3.8) is 0 Å². The van der Waals surface area contributed by atoms with Gasteiger partial charge in [-0.3, -0.25) is 4.90 Å². The molecule has 1 aliphatic carbocycles. The number of halogens is 2. The Balaban J connectivity index is 1.96. The molecule has 2 aliphatic rings. The molecule has 3 rings (SSSR count). The third kappa shape index (κ3) is 2.15. The minimum atomic E-state index is -0.799. The Kier molecular flexibility index (Phi) is 3.78. The second kappa shape index (κ2) is 5.41. The fourth-order valence-corrected chi connectivity index (χ4v) is 4.02. The molecule has 0 amide bonds. The van der Waals surface area contributed by atoms with Crippen molar-refractivity contribution in [3.05, 3.63) is 35.4 Å². The molecule has 110 valence electrons. The van der Waals surface area contributed by atoms with Gasteiger partial charge in [-0.2, -0.15) is 0 Å². The van der Waals surface area contributed by atoms with Gasteiger partial charge in [0, 0.05) is 11.1 Å². The summed E-state index contributed by atoms with van der Waals surface area (Å²) in [6.45, 7) is 2.06. The Bertz CT molecular complexity index is 477. The van der Waals surface area contributed by atoms with Crippen LogP contribution < -0.4 is 5.73 Å². The number of rotatable bonds is 3. The molecular weight excluding hydrogens is 258 g/mol. The Hall–Kier alpha value is -1.00. The van der Waals surface area contributed by atoms with Crippen LogP contribution in [-0.4, -0.2) is 23.5 Å². The fourth-order valence-electron chi connectivity index (χ4n) is 4.02. The SMILES string of the molecule is NC(c1cccc(F)c1F)C1(N2CCCC2)CCCC1. The largest absolute Gasteiger partial charge is 0.322 e. The van der Waals surface area contributed by atoms with Gasteiger partial charge in [0.1, 0.15) is 0 Å². The van der Waals surface area contributed by atoms with Crippen LogP contribution >= 0.6 is 0 Å². The molecule has 1 atom stereocenters. The molecule has 0 aromatic heterocycles. The average molecular weight is 280 g/mol. The first-order valence-electron chi connectivity index (χ1n) is 7.60. The standard InChI is InChI=1S/C16H22F2N2/c17-13-7-5-6-12(14(13)18)15(19)16(8-1-2-9-16)20-10-3-4-11-20/h5-7,15H,1-4,8-11,19H2. The quantitative estimate of drug-likeness (QED) is 0.919. The van der Waals surface area contributed by atoms with Gasteiger partial charge in [0.2, 0.25) is 0 Å². The molecular formula is C16H22F2N2. The summed E-state index contributed by atoms with van der Waals surface area (Å²) in [6.07, 6.45) is 6.59. The number of nitrogens with two attached hydrogens (primary N) is 1. The smallest absolute Gasteiger partial charge is 0.163 e. The van der Waals surface area contributed by atoms with Crippen LogP contribution in [-0.2, 0) is 0 Å². The molecule has 1 aliphatic heterocycles. The van der Waals surface area contributed by atoms with E-state index in [1.807, 2.05) is 0 Å². The highest BCUT2D eigenvalue weighted by atomic mass is 19.2. The number of hydrogen-bond acceptors (Lipinski definition) is 2. The number of benzene rings is 1. The minimum Gasteiger partial charge on any atom is -0.322 e. The van der Waals surface area contributed by atoms with E-state index in [9.17, 15) is 8.78 Å². The zero-order valence-electron chi connectivity index (χ0n) is 11.7. The first-order chi connectivity index (χ1) is 9.65. The number of hydrogen-bond donors (Lipinski definition) is 1. The molecule has 20 heavy (non-hydrogen) atoms. The Morgan fingerprint density at radius 2 is 1.70 bits per heavy atom. The third-order valence-electron chi connectivity index (χ3n) is 5.10. The van der Waals surface area contributed by atoms with Crippen molar-refractivity contribution in [2.45, 2.75) is 50.1 Å². The highest BCUT2D eigenvalue weighted by molar-refractivity contribution is 5.27. The molecule has 4 heteroatoms. The maximum Gasteiger partial charge on any atom is 0.163 e. The van der Waals surface area contributed by atoms with Gasteiger partial charge in [-0.1, -0.05) is 25.0 Å². The van der Waals surface area contributed by atoms with E-state index in [1.54, 1.807) is 12.1 Å². The molecule has 0 spiro atoms. The van der Waals surface area contributed by atoms with E-state index in [1.165, 1.54) is 12.8 Å². The molecule has 1 heterocycles. The number of likely N-dealkylation sites (tertiary alicyclic amines) is 1. The molecule has 2 nitrogen and oxygen atoms in total. The number of nitrogens with zero attached hydrogens (tertiary/aromatic N) is 1. The van der Waals surface area contributed by atoms with Crippen molar-refractivity contribution in [3.8, 4) is 0 Å². The van der Waals surface area contributed by atoms with Gasteiger partial charge in [0.25, 0.3) is 0 Å². The van der Waals surface area contributed by atoms with E-state index in [0.29, 0.717) is 5.56 Å². The Labute approximate surface area is 118 Å². The van der Waals surface area contributed by atoms with Crippen LogP contribution in [0.5, 0.6) is 0 Å². The van der Waals surface area contributed by atoms with Crippen molar-refractivity contribution in [1.29, 1.82) is 0 Å². The summed E-state index contributed by atoms with van der Waals surface area (Å²) in [6, 6.07) is 3.90. The summed E-state index contributed by atoms with van der Waals surface area (Å²) in [5.41, 5.74) is 6.59. The second-order valence-electron chi connectivity index (χ2n) is 6.13. The van der Waals surface area contributed by atoms with E-state index in [0.717, 1.165) is 44.8 Å². The lowest BCUT2D eigenvalue weighted by atomic mass is 9.82. The van der Waals surface area contributed by atoms with Crippen molar-refractivity contribution in [2.24, 2.45) is 5.73 Å². The van der Waals surface area contributed by atoms with E-state index in [-0.39, 0.29) is 5.54 Å². The van der Waals surface area contributed by atoms with Crippen molar-refractivity contribution >= 4 is 0 Å². The molecule has 0 radical (unpaired) electrons. The molecule has 1 aromatic rings. The van der Waals surface area contributed by atoms with Gasteiger partial charge in [-0.15, -0.1) is 0 Å². The second-order valence-corrected chi connectivity index (χ2v) is 6.13. The van der Waals surface area contributed by atoms with Crippen molar-refractivity contribution < 1.29 is 8.78 Å². The topological polar surface area (TPSA) is 29.3 Å². The molecule has 1 saturated carbocycles. The fraction of sp³-hybridized carbons (Fsp3) is 0.625. The Morgan fingerprint density at radius 1 is 1.05 bits per heavy atom. The van der Waals surface area contributed by atoms with E-state index < -0.39 is 17.7 Å². The third-order valence-corrected chi connectivity index (χ3v) is 5.10. The predicted octanol–water partition coefficient (Wildman–Crippen LogP) is 3.37. The molecule has 2 N–H and O–H groups in total. The Morgan fingerprint density at radius 3 is 2.35 bits per heavy atom. The molecule has 1 aromatic carbocycles. The van der Waals surface area contributed by atoms with Crippen LogP contribution in [0.25, 0.3) is 0 Å². The monoisotopic (exact) mass is 280 g/mol. The highest BCUT2D eigenvalue weighted by Crippen LogP contribution is 2.45. The van der Waals surface area contributed by atoms with Gasteiger partial charge >= 0.3 is 0 Å². The first-order valence-corrected chi connectivity index (χ1v) is 7.60. The van der Waals surface area contributed by atoms with Crippen LogP contribution in [0.4, 0.5) is 8.78 Å². The highest BCUT2D eigenvalue weighted by Gasteiger charge is 2.46. The maximum atomic E-state index is 14.1. The lowest BCUT2D eigenvalue weighted by Crippen LogP contribution is -2.52. The zero-order chi connectivity index (χ0) is 14.2. The summed E-state index contributed by atoms with van der Waals surface area (Å²) >= 11 is 0. The molecule has 1 saturated heterocycles. The van der Waals surface area contributed by atoms with Crippen LogP contribution in [0.15, 0.2) is 18.2 Å². The van der Waals surface area contributed by atoms with E-state index in [2.05, 4.69) is 4.90 Å². The van der Waals surface area contributed by atoms with Crippen LogP contribution in [0.3, 0.4) is 0 Å². The van der Waals surface area contributed by atoms with E-state index in [4.69, 9.17) is 5.73 Å². The van der Waals surface area contributed by atoms with Gasteiger partial charge in [0.05, 0.1) is 6.04 Å². The van der Waals surface area contributed by atoms with Crippen LogP contribution in [0, 0.1) is 11.6 Å². The van der Waals surface area contributed by atoms with Gasteiger partial charge in [-0.25, -0.2) is 8.78 Å². The lowest BCUT2D eigenvalue weighted by Gasteiger charge is -2.43. The molecule has 1 unspecified atom stereocenters. The normalized spacial score (nSPS) is 24.1. The van der Waals surface area contributed by atoms with E-state index >= 15 is 0 Å². The van der Waals surface area contributed by atoms with Crippen molar-refractivity contribution in [1.82, 2.24) is 4.90 Å². The summed E-state index contributed by atoms with van der Waals surface area (Å²) in [7, 11) is 0. The van der Waals surface area contributed by atoms with Gasteiger partial charge in [-0.05, 0) is 44.8 Å². The summed E-state index contributed by atoms with van der Waals surface area (Å²) < 4.78 is 27.6. The predicted molar refractivity (Wildman–Crippen MR) is 75.3 cm³/mol. The zero-order valence-corrected chi connectivity index (χ0v) is 11.7. The summed E-state index contributed by atoms with van der Waals surface area (Å²) in [5, 5.41) is 0. The molecule has 0 bridgehead atoms. The van der Waals surface area contributed by atoms with Crippen LogP contribution in [0.1, 0.15) is 50.1 Å². The van der Waals surface area contributed by atoms with Gasteiger partial charge < -0.3 is 5.73 Å². The van der Waals surface area contributed by atoms with Crippen molar-refractivity contribution in [2.75, 3.05) is 13.1 Å². The molecule has 2 fully saturated rings.